The number of benzene rings is 3. The molecule has 1 amide bonds. The molecule has 1 heterocycles. The third-order valence-electron chi connectivity index (χ3n) is 5.77. The fourth-order valence-corrected chi connectivity index (χ4v) is 4.62. The summed E-state index contributed by atoms with van der Waals surface area (Å²) < 4.78 is 48.9. The third-order valence-corrected chi connectivity index (χ3v) is 6.88. The molecule has 4 rings (SSSR count). The molecule has 0 spiro atoms. The van der Waals surface area contributed by atoms with Gasteiger partial charge in [-0.25, -0.2) is 12.8 Å². The van der Waals surface area contributed by atoms with Gasteiger partial charge < -0.3 is 14.4 Å². The molecule has 0 atom stereocenters. The van der Waals surface area contributed by atoms with Crippen LogP contribution < -0.4 is 9.47 Å². The lowest BCUT2D eigenvalue weighted by molar-refractivity contribution is 0.0728. The van der Waals surface area contributed by atoms with Crippen molar-refractivity contribution < 1.29 is 27.1 Å². The molecule has 0 fully saturated rings. The summed E-state index contributed by atoms with van der Waals surface area (Å²) in [6.07, 6.45) is 1.59. The summed E-state index contributed by atoms with van der Waals surface area (Å²) in [5.41, 5.74) is 3.21. The van der Waals surface area contributed by atoms with Crippen molar-refractivity contribution in [2.75, 3.05) is 12.8 Å². The highest BCUT2D eigenvalue weighted by molar-refractivity contribution is 7.90. The Hall–Kier alpha value is -3.39. The average molecular weight is 498 g/mol. The SMILES string of the molecule is CC(C)Oc1ccc(S(C)(=O)=O)cc1C(=O)N1CCc2cc(OCc3ccc(F)cc3)ccc2C1. The van der Waals surface area contributed by atoms with Gasteiger partial charge in [0.1, 0.15) is 23.9 Å². The first-order valence-electron chi connectivity index (χ1n) is 11.4. The fourth-order valence-electron chi connectivity index (χ4n) is 3.97. The van der Waals surface area contributed by atoms with E-state index in [0.717, 1.165) is 22.9 Å². The van der Waals surface area contributed by atoms with Crippen LogP contribution in [0.1, 0.15) is 40.9 Å². The normalized spacial score (nSPS) is 13.5. The highest BCUT2D eigenvalue weighted by atomic mass is 32.2. The predicted molar refractivity (Wildman–Crippen MR) is 131 cm³/mol. The van der Waals surface area contributed by atoms with Crippen molar-refractivity contribution in [1.82, 2.24) is 4.90 Å². The zero-order chi connectivity index (χ0) is 25.2. The maximum atomic E-state index is 13.4. The minimum absolute atomic E-state index is 0.0808. The molecule has 184 valence electrons. The molecular formula is C27H28FNO5S. The summed E-state index contributed by atoms with van der Waals surface area (Å²) >= 11 is 0. The van der Waals surface area contributed by atoms with E-state index < -0.39 is 9.84 Å². The first-order chi connectivity index (χ1) is 16.6. The molecule has 0 aromatic heterocycles. The van der Waals surface area contributed by atoms with Crippen LogP contribution in [0.3, 0.4) is 0 Å². The molecule has 0 bridgehead atoms. The molecule has 0 saturated heterocycles. The molecule has 8 heteroatoms. The monoisotopic (exact) mass is 497 g/mol. The minimum atomic E-state index is -3.47. The topological polar surface area (TPSA) is 72.9 Å². The summed E-state index contributed by atoms with van der Waals surface area (Å²) in [4.78, 5) is 15.2. The Labute approximate surface area is 205 Å². The van der Waals surface area contributed by atoms with Gasteiger partial charge >= 0.3 is 0 Å². The van der Waals surface area contributed by atoms with Crippen LogP contribution in [-0.4, -0.2) is 38.1 Å². The molecule has 1 aliphatic rings. The quantitative estimate of drug-likeness (QED) is 0.469. The lowest BCUT2D eigenvalue weighted by Gasteiger charge is -2.30. The van der Waals surface area contributed by atoms with Gasteiger partial charge in [0.15, 0.2) is 9.84 Å². The van der Waals surface area contributed by atoms with E-state index in [-0.39, 0.29) is 28.3 Å². The molecule has 3 aromatic carbocycles. The number of halogens is 1. The lowest BCUT2D eigenvalue weighted by atomic mass is 9.98. The van der Waals surface area contributed by atoms with E-state index in [1.165, 1.54) is 24.3 Å². The van der Waals surface area contributed by atoms with Gasteiger partial charge in [-0.2, -0.15) is 0 Å². The summed E-state index contributed by atoms with van der Waals surface area (Å²) in [7, 11) is -3.47. The Morgan fingerprint density at radius 1 is 1.03 bits per heavy atom. The van der Waals surface area contributed by atoms with Crippen molar-refractivity contribution >= 4 is 15.7 Å². The second-order valence-electron chi connectivity index (χ2n) is 8.92. The van der Waals surface area contributed by atoms with Crippen molar-refractivity contribution in [1.29, 1.82) is 0 Å². The van der Waals surface area contributed by atoms with Crippen molar-refractivity contribution in [2.24, 2.45) is 0 Å². The Balaban J connectivity index is 1.51. The van der Waals surface area contributed by atoms with E-state index in [1.807, 2.05) is 32.0 Å². The van der Waals surface area contributed by atoms with Crippen molar-refractivity contribution in [3.63, 3.8) is 0 Å². The number of nitrogens with zero attached hydrogens (tertiary/aromatic N) is 1. The number of ether oxygens (including phenoxy) is 2. The van der Waals surface area contributed by atoms with E-state index in [9.17, 15) is 17.6 Å². The van der Waals surface area contributed by atoms with Crippen LogP contribution in [0, 0.1) is 5.82 Å². The molecule has 0 aliphatic carbocycles. The van der Waals surface area contributed by atoms with Gasteiger partial charge in [0.25, 0.3) is 5.91 Å². The predicted octanol–water partition coefficient (Wildman–Crippen LogP) is 4.79. The van der Waals surface area contributed by atoms with Crippen molar-refractivity contribution in [2.45, 2.75) is 44.4 Å². The maximum Gasteiger partial charge on any atom is 0.257 e. The first kappa shape index (κ1) is 24.7. The molecular weight excluding hydrogens is 469 g/mol. The van der Waals surface area contributed by atoms with E-state index >= 15 is 0 Å². The van der Waals surface area contributed by atoms with Gasteiger partial charge in [-0.3, -0.25) is 4.79 Å². The van der Waals surface area contributed by atoms with Gasteiger partial charge in [0, 0.05) is 19.3 Å². The van der Waals surface area contributed by atoms with Crippen LogP contribution in [-0.2, 0) is 29.4 Å². The highest BCUT2D eigenvalue weighted by Gasteiger charge is 2.26. The van der Waals surface area contributed by atoms with Crippen LogP contribution in [0.5, 0.6) is 11.5 Å². The molecule has 0 radical (unpaired) electrons. The Kier molecular flexibility index (Phi) is 7.12. The molecule has 35 heavy (non-hydrogen) atoms. The molecule has 0 unspecified atom stereocenters. The summed E-state index contributed by atoms with van der Waals surface area (Å²) in [5, 5.41) is 0. The largest absolute Gasteiger partial charge is 0.490 e. The van der Waals surface area contributed by atoms with Gasteiger partial charge in [0.05, 0.1) is 16.6 Å². The Morgan fingerprint density at radius 3 is 2.46 bits per heavy atom. The third kappa shape index (κ3) is 6.00. The molecule has 6 nitrogen and oxygen atoms in total. The fraction of sp³-hybridized carbons (Fsp3) is 0.296. The molecule has 0 saturated carbocycles. The van der Waals surface area contributed by atoms with E-state index in [2.05, 4.69) is 0 Å². The Morgan fingerprint density at radius 2 is 1.77 bits per heavy atom. The molecule has 1 aliphatic heterocycles. The minimum Gasteiger partial charge on any atom is -0.490 e. The van der Waals surface area contributed by atoms with Gasteiger partial charge in [-0.1, -0.05) is 18.2 Å². The number of hydrogen-bond donors (Lipinski definition) is 0. The van der Waals surface area contributed by atoms with Gasteiger partial charge in [0.2, 0.25) is 0 Å². The van der Waals surface area contributed by atoms with E-state index in [1.54, 1.807) is 23.1 Å². The zero-order valence-corrected chi connectivity index (χ0v) is 20.8. The summed E-state index contributed by atoms with van der Waals surface area (Å²) in [5.74, 6) is 0.523. The molecule has 0 N–H and O–H groups in total. The standard InChI is InChI=1S/C27H28FNO5S/c1-18(2)34-26-11-10-24(35(3,31)32)15-25(26)27(30)29-13-12-20-14-23(9-6-21(20)16-29)33-17-19-4-7-22(28)8-5-19/h4-11,14-15,18H,12-13,16-17H2,1-3H3. The second kappa shape index (κ2) is 10.1. The highest BCUT2D eigenvalue weighted by Crippen LogP contribution is 2.29. The number of hydrogen-bond acceptors (Lipinski definition) is 5. The number of amides is 1. The smallest absolute Gasteiger partial charge is 0.257 e. The van der Waals surface area contributed by atoms with Gasteiger partial charge in [-0.05, 0) is 79.4 Å². The van der Waals surface area contributed by atoms with Crippen LogP contribution in [0.2, 0.25) is 0 Å². The van der Waals surface area contributed by atoms with E-state index in [0.29, 0.717) is 37.6 Å². The lowest BCUT2D eigenvalue weighted by Crippen LogP contribution is -2.36. The average Bonchev–Trinajstić information content (AvgIpc) is 2.82. The number of carbonyl (C=O) groups is 1. The van der Waals surface area contributed by atoms with Crippen molar-refractivity contribution in [3.8, 4) is 11.5 Å². The zero-order valence-electron chi connectivity index (χ0n) is 20.0. The number of fused-ring (bicyclic) bond motifs is 1. The first-order valence-corrected chi connectivity index (χ1v) is 13.3. The van der Waals surface area contributed by atoms with Crippen molar-refractivity contribution in [3.05, 3.63) is 88.7 Å². The number of carbonyl (C=O) groups excluding carboxylic acids is 1. The summed E-state index contributed by atoms with van der Waals surface area (Å²) in [6.45, 7) is 4.92. The Bertz CT molecular complexity index is 1340. The van der Waals surface area contributed by atoms with Crippen LogP contribution in [0.4, 0.5) is 4.39 Å². The number of sulfone groups is 1. The van der Waals surface area contributed by atoms with Crippen LogP contribution in [0.25, 0.3) is 0 Å². The van der Waals surface area contributed by atoms with Gasteiger partial charge in [-0.15, -0.1) is 0 Å². The number of rotatable bonds is 7. The van der Waals surface area contributed by atoms with Crippen LogP contribution in [0.15, 0.2) is 65.6 Å². The molecule has 3 aromatic rings. The maximum absolute atomic E-state index is 13.4. The summed E-state index contributed by atoms with van der Waals surface area (Å²) in [6, 6.07) is 16.4. The second-order valence-corrected chi connectivity index (χ2v) is 10.9. The van der Waals surface area contributed by atoms with E-state index in [4.69, 9.17) is 9.47 Å². The van der Waals surface area contributed by atoms with Crippen LogP contribution >= 0.6 is 0 Å².